The average molecular weight is 264 g/mol. The van der Waals surface area contributed by atoms with Crippen molar-refractivity contribution in [1.29, 1.82) is 0 Å². The van der Waals surface area contributed by atoms with Crippen LogP contribution >= 0.6 is 11.3 Å². The number of thiazole rings is 1. The van der Waals surface area contributed by atoms with E-state index in [2.05, 4.69) is 4.98 Å². The lowest BCUT2D eigenvalue weighted by Gasteiger charge is -2.06. The first-order chi connectivity index (χ1) is 8.56. The molecule has 0 spiro atoms. The lowest BCUT2D eigenvalue weighted by molar-refractivity contribution is 0.0697. The smallest absolute Gasteiger partial charge is 0.337 e. The van der Waals surface area contributed by atoms with Crippen LogP contribution in [0.2, 0.25) is 0 Å². The van der Waals surface area contributed by atoms with Crippen molar-refractivity contribution in [3.05, 3.63) is 39.8 Å². The second-order valence-electron chi connectivity index (χ2n) is 3.70. The van der Waals surface area contributed by atoms with Gasteiger partial charge in [-0.1, -0.05) is 0 Å². The highest BCUT2D eigenvalue weighted by molar-refractivity contribution is 7.09. The molecule has 18 heavy (non-hydrogen) atoms. The number of nitrogen functional groups attached to an aromatic ring is 1. The normalized spacial score (nSPS) is 10.3. The highest BCUT2D eigenvalue weighted by atomic mass is 32.1. The van der Waals surface area contributed by atoms with E-state index in [9.17, 15) is 4.79 Å². The molecule has 0 aliphatic carbocycles. The van der Waals surface area contributed by atoms with E-state index in [4.69, 9.17) is 15.6 Å². The Morgan fingerprint density at radius 1 is 1.56 bits per heavy atom. The molecule has 6 heteroatoms. The standard InChI is InChI=1S/C12H12N2O3S/c1-7-14-8(6-18-7)5-17-9-2-3-11(13)10(4-9)12(15)16/h2-4,6H,5,13H2,1H3,(H,15,16). The number of nitrogens with two attached hydrogens (primary N) is 1. The topological polar surface area (TPSA) is 85.4 Å². The van der Waals surface area contributed by atoms with E-state index < -0.39 is 5.97 Å². The Balaban J connectivity index is 2.10. The van der Waals surface area contributed by atoms with Gasteiger partial charge in [-0.05, 0) is 25.1 Å². The Kier molecular flexibility index (Phi) is 3.47. The predicted octanol–water partition coefficient (Wildman–Crippen LogP) is 2.31. The van der Waals surface area contributed by atoms with Crippen molar-refractivity contribution in [2.45, 2.75) is 13.5 Å². The zero-order valence-electron chi connectivity index (χ0n) is 9.71. The summed E-state index contributed by atoms with van der Waals surface area (Å²) >= 11 is 1.54. The lowest BCUT2D eigenvalue weighted by Crippen LogP contribution is -2.03. The fourth-order valence-electron chi connectivity index (χ4n) is 1.44. The number of benzene rings is 1. The summed E-state index contributed by atoms with van der Waals surface area (Å²) in [4.78, 5) is 15.2. The van der Waals surface area contributed by atoms with Gasteiger partial charge in [0.1, 0.15) is 12.4 Å². The highest BCUT2D eigenvalue weighted by Crippen LogP contribution is 2.21. The molecular formula is C12H12N2O3S. The number of aromatic nitrogens is 1. The minimum absolute atomic E-state index is 0.0435. The van der Waals surface area contributed by atoms with Gasteiger partial charge in [-0.2, -0.15) is 0 Å². The number of aromatic carboxylic acids is 1. The van der Waals surface area contributed by atoms with Crippen molar-refractivity contribution >= 4 is 23.0 Å². The molecule has 0 fully saturated rings. The van der Waals surface area contributed by atoms with Gasteiger partial charge in [0, 0.05) is 11.1 Å². The SMILES string of the molecule is Cc1nc(COc2ccc(N)c(C(=O)O)c2)cs1. The zero-order chi connectivity index (χ0) is 13.1. The number of ether oxygens (including phenoxy) is 1. The third-order valence-corrected chi connectivity index (χ3v) is 3.13. The largest absolute Gasteiger partial charge is 0.487 e. The molecule has 1 aromatic heterocycles. The number of carboxylic acids is 1. The second-order valence-corrected chi connectivity index (χ2v) is 4.76. The van der Waals surface area contributed by atoms with Crippen LogP contribution in [0.4, 0.5) is 5.69 Å². The van der Waals surface area contributed by atoms with E-state index in [-0.39, 0.29) is 11.3 Å². The summed E-state index contributed by atoms with van der Waals surface area (Å²) in [6, 6.07) is 4.57. The number of carboxylic acid groups (broad SMARTS) is 1. The number of hydrogen-bond acceptors (Lipinski definition) is 5. The van der Waals surface area contributed by atoms with Crippen LogP contribution < -0.4 is 10.5 Å². The molecule has 2 rings (SSSR count). The predicted molar refractivity (Wildman–Crippen MR) is 69.0 cm³/mol. The molecule has 0 aliphatic rings. The summed E-state index contributed by atoms with van der Waals surface area (Å²) in [5.74, 6) is -0.602. The Morgan fingerprint density at radius 3 is 2.94 bits per heavy atom. The number of rotatable bonds is 4. The fraction of sp³-hybridized carbons (Fsp3) is 0.167. The average Bonchev–Trinajstić information content (AvgIpc) is 2.74. The van der Waals surface area contributed by atoms with Gasteiger partial charge in [-0.15, -0.1) is 11.3 Å². The molecule has 3 N–H and O–H groups in total. The van der Waals surface area contributed by atoms with Crippen LogP contribution in [0.1, 0.15) is 21.1 Å². The molecule has 0 aliphatic heterocycles. The van der Waals surface area contributed by atoms with Crippen molar-refractivity contribution in [2.24, 2.45) is 0 Å². The Hall–Kier alpha value is -2.08. The molecule has 5 nitrogen and oxygen atoms in total. The van der Waals surface area contributed by atoms with Crippen molar-refractivity contribution < 1.29 is 14.6 Å². The first-order valence-corrected chi connectivity index (χ1v) is 6.11. The van der Waals surface area contributed by atoms with Crippen molar-refractivity contribution in [2.75, 3.05) is 5.73 Å². The second kappa shape index (κ2) is 5.05. The van der Waals surface area contributed by atoms with Gasteiger partial charge in [0.05, 0.1) is 16.3 Å². The van der Waals surface area contributed by atoms with E-state index in [1.165, 1.54) is 12.1 Å². The monoisotopic (exact) mass is 264 g/mol. The fourth-order valence-corrected chi connectivity index (χ4v) is 2.04. The van der Waals surface area contributed by atoms with E-state index in [1.807, 2.05) is 12.3 Å². The third-order valence-electron chi connectivity index (χ3n) is 2.31. The van der Waals surface area contributed by atoms with Crippen molar-refractivity contribution in [3.63, 3.8) is 0 Å². The Labute approximate surface area is 108 Å². The minimum atomic E-state index is -1.07. The molecule has 0 atom stereocenters. The van der Waals surface area contributed by atoms with Crippen LogP contribution in [-0.4, -0.2) is 16.1 Å². The summed E-state index contributed by atoms with van der Waals surface area (Å²) in [7, 11) is 0. The van der Waals surface area contributed by atoms with Crippen LogP contribution in [0, 0.1) is 6.92 Å². The number of carbonyl (C=O) groups is 1. The maximum atomic E-state index is 10.9. The zero-order valence-corrected chi connectivity index (χ0v) is 10.5. The van der Waals surface area contributed by atoms with Crippen LogP contribution in [0.25, 0.3) is 0 Å². The molecule has 0 bridgehead atoms. The molecule has 0 unspecified atom stereocenters. The summed E-state index contributed by atoms with van der Waals surface area (Å²) in [6.45, 7) is 2.23. The van der Waals surface area contributed by atoms with E-state index >= 15 is 0 Å². The lowest BCUT2D eigenvalue weighted by atomic mass is 10.2. The van der Waals surface area contributed by atoms with E-state index in [0.717, 1.165) is 10.7 Å². The molecule has 1 aromatic carbocycles. The summed E-state index contributed by atoms with van der Waals surface area (Å²) in [5.41, 5.74) is 6.64. The summed E-state index contributed by atoms with van der Waals surface area (Å²) in [6.07, 6.45) is 0. The number of aryl methyl sites for hydroxylation is 1. The van der Waals surface area contributed by atoms with Gasteiger partial charge in [-0.3, -0.25) is 0 Å². The van der Waals surface area contributed by atoms with E-state index in [0.29, 0.717) is 12.4 Å². The minimum Gasteiger partial charge on any atom is -0.487 e. The van der Waals surface area contributed by atoms with Crippen LogP contribution in [0.3, 0.4) is 0 Å². The molecular weight excluding hydrogens is 252 g/mol. The summed E-state index contributed by atoms with van der Waals surface area (Å²) < 4.78 is 5.48. The summed E-state index contributed by atoms with van der Waals surface area (Å²) in [5, 5.41) is 11.8. The van der Waals surface area contributed by atoms with Gasteiger partial charge in [-0.25, -0.2) is 9.78 Å². The van der Waals surface area contributed by atoms with Gasteiger partial charge in [0.2, 0.25) is 0 Å². The molecule has 94 valence electrons. The third kappa shape index (κ3) is 2.78. The van der Waals surface area contributed by atoms with Gasteiger partial charge >= 0.3 is 5.97 Å². The molecule has 0 saturated heterocycles. The Bertz CT molecular complexity index is 580. The quantitative estimate of drug-likeness (QED) is 0.828. The van der Waals surface area contributed by atoms with Gasteiger partial charge < -0.3 is 15.6 Å². The molecule has 0 amide bonds. The molecule has 0 saturated carbocycles. The van der Waals surface area contributed by atoms with Crippen LogP contribution in [-0.2, 0) is 6.61 Å². The number of nitrogens with zero attached hydrogens (tertiary/aromatic N) is 1. The Morgan fingerprint density at radius 2 is 2.33 bits per heavy atom. The maximum Gasteiger partial charge on any atom is 0.337 e. The number of anilines is 1. The number of hydrogen-bond donors (Lipinski definition) is 2. The first kappa shape index (κ1) is 12.4. The van der Waals surface area contributed by atoms with Gasteiger partial charge in [0.15, 0.2) is 0 Å². The molecule has 0 radical (unpaired) electrons. The van der Waals surface area contributed by atoms with E-state index in [1.54, 1.807) is 17.4 Å². The highest BCUT2D eigenvalue weighted by Gasteiger charge is 2.09. The van der Waals surface area contributed by atoms with Crippen molar-refractivity contribution in [3.8, 4) is 5.75 Å². The van der Waals surface area contributed by atoms with Crippen LogP contribution in [0.15, 0.2) is 23.6 Å². The maximum absolute atomic E-state index is 10.9. The van der Waals surface area contributed by atoms with Crippen molar-refractivity contribution in [1.82, 2.24) is 4.98 Å². The van der Waals surface area contributed by atoms with Crippen LogP contribution in [0.5, 0.6) is 5.75 Å². The first-order valence-electron chi connectivity index (χ1n) is 5.23. The molecule has 2 aromatic rings. The molecule has 1 heterocycles. The van der Waals surface area contributed by atoms with Gasteiger partial charge in [0.25, 0.3) is 0 Å².